The van der Waals surface area contributed by atoms with Crippen LogP contribution in [0.3, 0.4) is 0 Å². The third-order valence-corrected chi connectivity index (χ3v) is 3.78. The Morgan fingerprint density at radius 3 is 2.46 bits per heavy atom. The predicted molar refractivity (Wildman–Crippen MR) is 92.7 cm³/mol. The van der Waals surface area contributed by atoms with Gasteiger partial charge in [0, 0.05) is 12.2 Å². The standard InChI is InChI=1S/C18H16ClF3N2O2/c1-11-3-2-4-12(7-11)10-23-16(25)9-17(26)24-13-5-6-15(19)14(8-13)18(20,21)22/h2-8H,9-10H2,1H3,(H,23,25)(H,24,26). The lowest BCUT2D eigenvalue weighted by molar-refractivity contribution is -0.137. The zero-order chi connectivity index (χ0) is 19.3. The van der Waals surface area contributed by atoms with Crippen LogP contribution in [0.1, 0.15) is 23.1 Å². The summed E-state index contributed by atoms with van der Waals surface area (Å²) in [5.74, 6) is -1.25. The second-order valence-corrected chi connectivity index (χ2v) is 6.09. The van der Waals surface area contributed by atoms with Crippen molar-refractivity contribution in [1.29, 1.82) is 0 Å². The molecule has 8 heteroatoms. The summed E-state index contributed by atoms with van der Waals surface area (Å²) < 4.78 is 38.4. The third-order valence-electron chi connectivity index (χ3n) is 3.45. The first kappa shape index (κ1) is 19.8. The molecule has 138 valence electrons. The molecular weight excluding hydrogens is 369 g/mol. The van der Waals surface area contributed by atoms with Gasteiger partial charge in [-0.2, -0.15) is 13.2 Å². The monoisotopic (exact) mass is 384 g/mol. The van der Waals surface area contributed by atoms with E-state index in [0.29, 0.717) is 0 Å². The van der Waals surface area contributed by atoms with Gasteiger partial charge in [-0.25, -0.2) is 0 Å². The molecule has 0 aromatic heterocycles. The molecule has 0 bridgehead atoms. The third kappa shape index (κ3) is 5.77. The number of aryl methyl sites for hydroxylation is 1. The summed E-state index contributed by atoms with van der Waals surface area (Å²) in [6, 6.07) is 10.5. The van der Waals surface area contributed by atoms with Gasteiger partial charge in [0.05, 0.1) is 10.6 Å². The quantitative estimate of drug-likeness (QED) is 0.754. The summed E-state index contributed by atoms with van der Waals surface area (Å²) in [4.78, 5) is 23.7. The number of anilines is 1. The van der Waals surface area contributed by atoms with Crippen LogP contribution in [0.2, 0.25) is 5.02 Å². The van der Waals surface area contributed by atoms with Gasteiger partial charge in [0.25, 0.3) is 0 Å². The number of nitrogens with one attached hydrogen (secondary N) is 2. The van der Waals surface area contributed by atoms with Crippen molar-refractivity contribution in [3.05, 3.63) is 64.2 Å². The molecule has 2 aromatic rings. The first-order chi connectivity index (χ1) is 12.1. The SMILES string of the molecule is Cc1cccc(CNC(=O)CC(=O)Nc2ccc(Cl)c(C(F)(F)F)c2)c1. The number of rotatable bonds is 5. The van der Waals surface area contributed by atoms with Gasteiger partial charge < -0.3 is 10.6 Å². The molecule has 4 nitrogen and oxygen atoms in total. The van der Waals surface area contributed by atoms with E-state index in [1.165, 1.54) is 6.07 Å². The maximum atomic E-state index is 12.8. The molecule has 0 aliphatic heterocycles. The average molecular weight is 385 g/mol. The summed E-state index contributed by atoms with van der Waals surface area (Å²) >= 11 is 5.52. The predicted octanol–water partition coefficient (Wildman–Crippen LogP) is 4.31. The van der Waals surface area contributed by atoms with Crippen molar-refractivity contribution in [2.24, 2.45) is 0 Å². The number of hydrogen-bond donors (Lipinski definition) is 2. The van der Waals surface area contributed by atoms with E-state index in [0.717, 1.165) is 23.3 Å². The lowest BCUT2D eigenvalue weighted by Gasteiger charge is -2.12. The normalized spacial score (nSPS) is 11.1. The van der Waals surface area contributed by atoms with Crippen LogP contribution >= 0.6 is 11.6 Å². The van der Waals surface area contributed by atoms with Gasteiger partial charge >= 0.3 is 6.18 Å². The molecule has 0 aliphatic carbocycles. The van der Waals surface area contributed by atoms with E-state index < -0.39 is 35.0 Å². The molecule has 2 aromatic carbocycles. The molecule has 0 aliphatic rings. The molecule has 2 N–H and O–H groups in total. The van der Waals surface area contributed by atoms with Crippen LogP contribution < -0.4 is 10.6 Å². The summed E-state index contributed by atoms with van der Waals surface area (Å²) in [7, 11) is 0. The Hall–Kier alpha value is -2.54. The van der Waals surface area contributed by atoms with Crippen LogP contribution in [-0.4, -0.2) is 11.8 Å². The second-order valence-electron chi connectivity index (χ2n) is 5.68. The van der Waals surface area contributed by atoms with E-state index in [1.54, 1.807) is 0 Å². The zero-order valence-corrected chi connectivity index (χ0v) is 14.5. The van der Waals surface area contributed by atoms with Crippen molar-refractivity contribution < 1.29 is 22.8 Å². The van der Waals surface area contributed by atoms with Gasteiger partial charge in [0.2, 0.25) is 11.8 Å². The van der Waals surface area contributed by atoms with Crippen molar-refractivity contribution in [3.8, 4) is 0 Å². The molecule has 0 saturated heterocycles. The van der Waals surface area contributed by atoms with Crippen LogP contribution in [-0.2, 0) is 22.3 Å². The Kier molecular flexibility index (Phi) is 6.26. The summed E-state index contributed by atoms with van der Waals surface area (Å²) in [6.07, 6.45) is -5.14. The fourth-order valence-electron chi connectivity index (χ4n) is 2.26. The fourth-order valence-corrected chi connectivity index (χ4v) is 2.48. The van der Waals surface area contributed by atoms with E-state index in [2.05, 4.69) is 10.6 Å². The Labute approximate surface area is 153 Å². The highest BCUT2D eigenvalue weighted by atomic mass is 35.5. The number of hydrogen-bond acceptors (Lipinski definition) is 2. The molecule has 0 fully saturated rings. The molecule has 2 rings (SSSR count). The van der Waals surface area contributed by atoms with E-state index in [4.69, 9.17) is 11.6 Å². The van der Waals surface area contributed by atoms with Crippen molar-refractivity contribution in [2.45, 2.75) is 26.1 Å². The van der Waals surface area contributed by atoms with Crippen LogP contribution in [0.15, 0.2) is 42.5 Å². The van der Waals surface area contributed by atoms with E-state index in [-0.39, 0.29) is 12.2 Å². The Balaban J connectivity index is 1.91. The smallest absolute Gasteiger partial charge is 0.352 e. The van der Waals surface area contributed by atoms with Crippen LogP contribution in [0.4, 0.5) is 18.9 Å². The van der Waals surface area contributed by atoms with Crippen LogP contribution in [0.5, 0.6) is 0 Å². The highest BCUT2D eigenvalue weighted by molar-refractivity contribution is 6.31. The van der Waals surface area contributed by atoms with Crippen molar-refractivity contribution in [2.75, 3.05) is 5.32 Å². The molecular formula is C18H16ClF3N2O2. The number of benzene rings is 2. The summed E-state index contributed by atoms with van der Waals surface area (Å²) in [5.41, 5.74) is 0.781. The number of amides is 2. The second kappa shape index (κ2) is 8.23. The van der Waals surface area contributed by atoms with Crippen molar-refractivity contribution in [3.63, 3.8) is 0 Å². The Bertz CT molecular complexity index is 822. The van der Waals surface area contributed by atoms with E-state index >= 15 is 0 Å². The summed E-state index contributed by atoms with van der Waals surface area (Å²) in [6.45, 7) is 2.17. The first-order valence-corrected chi connectivity index (χ1v) is 8.02. The number of carbonyl (C=O) groups excluding carboxylic acids is 2. The van der Waals surface area contributed by atoms with E-state index in [9.17, 15) is 22.8 Å². The molecule has 0 atom stereocenters. The topological polar surface area (TPSA) is 58.2 Å². The number of carbonyl (C=O) groups is 2. The molecule has 0 spiro atoms. The van der Waals surface area contributed by atoms with Gasteiger partial charge in [-0.15, -0.1) is 0 Å². The Morgan fingerprint density at radius 2 is 1.81 bits per heavy atom. The van der Waals surface area contributed by atoms with Gasteiger partial charge in [-0.1, -0.05) is 41.4 Å². The molecule has 2 amide bonds. The highest BCUT2D eigenvalue weighted by Gasteiger charge is 2.33. The fraction of sp³-hybridized carbons (Fsp3) is 0.222. The maximum absolute atomic E-state index is 12.8. The van der Waals surface area contributed by atoms with Crippen LogP contribution in [0.25, 0.3) is 0 Å². The highest BCUT2D eigenvalue weighted by Crippen LogP contribution is 2.36. The minimum Gasteiger partial charge on any atom is -0.352 e. The number of halogens is 4. The van der Waals surface area contributed by atoms with Crippen molar-refractivity contribution in [1.82, 2.24) is 5.32 Å². The van der Waals surface area contributed by atoms with Crippen molar-refractivity contribution >= 4 is 29.1 Å². The van der Waals surface area contributed by atoms with E-state index in [1.807, 2.05) is 31.2 Å². The molecule has 0 saturated carbocycles. The minimum absolute atomic E-state index is 0.0850. The zero-order valence-electron chi connectivity index (χ0n) is 13.8. The number of alkyl halides is 3. The molecule has 26 heavy (non-hydrogen) atoms. The largest absolute Gasteiger partial charge is 0.417 e. The maximum Gasteiger partial charge on any atom is 0.417 e. The summed E-state index contributed by atoms with van der Waals surface area (Å²) in [5, 5.41) is 4.38. The average Bonchev–Trinajstić information content (AvgIpc) is 2.54. The Morgan fingerprint density at radius 1 is 1.08 bits per heavy atom. The van der Waals surface area contributed by atoms with Crippen LogP contribution in [0, 0.1) is 6.92 Å². The lowest BCUT2D eigenvalue weighted by Crippen LogP contribution is -2.27. The van der Waals surface area contributed by atoms with Gasteiger partial charge in [-0.3, -0.25) is 9.59 Å². The minimum atomic E-state index is -4.64. The molecule has 0 heterocycles. The van der Waals surface area contributed by atoms with Gasteiger partial charge in [-0.05, 0) is 30.7 Å². The molecule has 0 unspecified atom stereocenters. The van der Waals surface area contributed by atoms with Gasteiger partial charge in [0.15, 0.2) is 0 Å². The lowest BCUT2D eigenvalue weighted by atomic mass is 10.1. The molecule has 0 radical (unpaired) electrons. The first-order valence-electron chi connectivity index (χ1n) is 7.64. The van der Waals surface area contributed by atoms with Gasteiger partial charge in [0.1, 0.15) is 6.42 Å².